The SMILES string of the molecule is Cn1nc(C(=O)N[C@@H]2CCSc3ccc(F)cc32)c2ccccc2c1=O. The predicted molar refractivity (Wildman–Crippen MR) is 98.9 cm³/mol. The second-order valence-corrected chi connectivity index (χ2v) is 7.31. The van der Waals surface area contributed by atoms with Gasteiger partial charge in [-0.1, -0.05) is 18.2 Å². The van der Waals surface area contributed by atoms with Crippen LogP contribution in [-0.2, 0) is 7.05 Å². The van der Waals surface area contributed by atoms with E-state index in [0.717, 1.165) is 16.2 Å². The summed E-state index contributed by atoms with van der Waals surface area (Å²) < 4.78 is 14.8. The quantitative estimate of drug-likeness (QED) is 0.754. The highest BCUT2D eigenvalue weighted by atomic mass is 32.2. The Morgan fingerprint density at radius 3 is 2.85 bits per heavy atom. The number of carbonyl (C=O) groups is 1. The second kappa shape index (κ2) is 6.57. The molecule has 26 heavy (non-hydrogen) atoms. The van der Waals surface area contributed by atoms with Crippen LogP contribution < -0.4 is 10.9 Å². The molecule has 1 aromatic heterocycles. The smallest absolute Gasteiger partial charge is 0.274 e. The third-order valence-electron chi connectivity index (χ3n) is 4.49. The molecule has 1 aliphatic rings. The number of amides is 1. The molecule has 2 aromatic carbocycles. The zero-order valence-corrected chi connectivity index (χ0v) is 14.8. The van der Waals surface area contributed by atoms with Crippen molar-refractivity contribution in [2.75, 3.05) is 5.75 Å². The van der Waals surface area contributed by atoms with Gasteiger partial charge in [0.05, 0.1) is 11.4 Å². The van der Waals surface area contributed by atoms with E-state index < -0.39 is 0 Å². The van der Waals surface area contributed by atoms with E-state index in [9.17, 15) is 14.0 Å². The van der Waals surface area contributed by atoms with Gasteiger partial charge >= 0.3 is 0 Å². The first kappa shape index (κ1) is 16.8. The molecule has 1 atom stereocenters. The van der Waals surface area contributed by atoms with Crippen LogP contribution in [0.5, 0.6) is 0 Å². The third-order valence-corrected chi connectivity index (χ3v) is 5.61. The lowest BCUT2D eigenvalue weighted by Crippen LogP contribution is -2.33. The standard InChI is InChI=1S/C19H16FN3O2S/c1-23-19(25)13-5-3-2-4-12(13)17(22-23)18(24)21-15-8-9-26-16-7-6-11(20)10-14(15)16/h2-7,10,15H,8-9H2,1H3,(H,21,24)/t15-/m1/s1. The van der Waals surface area contributed by atoms with Crippen LogP contribution in [0.3, 0.4) is 0 Å². The molecule has 1 N–H and O–H groups in total. The van der Waals surface area contributed by atoms with Crippen LogP contribution in [0.1, 0.15) is 28.5 Å². The van der Waals surface area contributed by atoms with Crippen molar-refractivity contribution in [3.63, 3.8) is 0 Å². The minimum Gasteiger partial charge on any atom is -0.344 e. The number of halogens is 1. The molecule has 132 valence electrons. The summed E-state index contributed by atoms with van der Waals surface area (Å²) >= 11 is 1.65. The van der Waals surface area contributed by atoms with Crippen molar-refractivity contribution in [2.24, 2.45) is 7.05 Å². The summed E-state index contributed by atoms with van der Waals surface area (Å²) in [5.74, 6) is 0.144. The van der Waals surface area contributed by atoms with Gasteiger partial charge in [0.25, 0.3) is 11.5 Å². The molecule has 7 heteroatoms. The summed E-state index contributed by atoms with van der Waals surface area (Å²) in [7, 11) is 1.52. The van der Waals surface area contributed by atoms with Crippen LogP contribution in [0.25, 0.3) is 10.8 Å². The number of aryl methyl sites for hydroxylation is 1. The number of fused-ring (bicyclic) bond motifs is 2. The number of hydrogen-bond acceptors (Lipinski definition) is 4. The van der Waals surface area contributed by atoms with Crippen molar-refractivity contribution in [3.05, 3.63) is 69.9 Å². The van der Waals surface area contributed by atoms with Crippen LogP contribution >= 0.6 is 11.8 Å². The predicted octanol–water partition coefficient (Wildman–Crippen LogP) is 3.04. The Kier molecular flexibility index (Phi) is 4.24. The summed E-state index contributed by atoms with van der Waals surface area (Å²) in [6.45, 7) is 0. The van der Waals surface area contributed by atoms with Gasteiger partial charge in [-0.25, -0.2) is 9.07 Å². The third kappa shape index (κ3) is 2.88. The van der Waals surface area contributed by atoms with E-state index in [1.54, 1.807) is 42.1 Å². The number of thioether (sulfide) groups is 1. The Morgan fingerprint density at radius 2 is 2.04 bits per heavy atom. The van der Waals surface area contributed by atoms with Gasteiger partial charge in [0, 0.05) is 23.1 Å². The van der Waals surface area contributed by atoms with Crippen LogP contribution in [0.15, 0.2) is 52.2 Å². The van der Waals surface area contributed by atoms with E-state index in [0.29, 0.717) is 17.2 Å². The van der Waals surface area contributed by atoms with Crippen LogP contribution in [0.2, 0.25) is 0 Å². The van der Waals surface area contributed by atoms with Crippen LogP contribution in [0, 0.1) is 5.82 Å². The van der Waals surface area contributed by atoms with Gasteiger partial charge in [-0.3, -0.25) is 9.59 Å². The van der Waals surface area contributed by atoms with Crippen molar-refractivity contribution in [1.29, 1.82) is 0 Å². The van der Waals surface area contributed by atoms with E-state index in [1.165, 1.54) is 23.9 Å². The van der Waals surface area contributed by atoms with Crippen molar-refractivity contribution in [2.45, 2.75) is 17.4 Å². The summed E-state index contributed by atoms with van der Waals surface area (Å²) in [6, 6.07) is 11.3. The van der Waals surface area contributed by atoms with Gasteiger partial charge < -0.3 is 5.32 Å². The van der Waals surface area contributed by atoms with Crippen molar-refractivity contribution < 1.29 is 9.18 Å². The summed E-state index contributed by atoms with van der Waals surface area (Å²) in [6.07, 6.45) is 0.705. The molecule has 0 saturated heterocycles. The van der Waals surface area contributed by atoms with Crippen LogP contribution in [0.4, 0.5) is 4.39 Å². The number of carbonyl (C=O) groups excluding carboxylic acids is 1. The summed E-state index contributed by atoms with van der Waals surface area (Å²) in [5, 5.41) is 8.07. The number of nitrogens with zero attached hydrogens (tertiary/aromatic N) is 2. The molecule has 0 fully saturated rings. The summed E-state index contributed by atoms with van der Waals surface area (Å²) in [5.41, 5.74) is 0.723. The molecular weight excluding hydrogens is 353 g/mol. The Hall–Kier alpha value is -2.67. The maximum atomic E-state index is 13.7. The average Bonchev–Trinajstić information content (AvgIpc) is 2.65. The number of benzene rings is 2. The molecule has 0 saturated carbocycles. The van der Waals surface area contributed by atoms with Crippen molar-refractivity contribution in [3.8, 4) is 0 Å². The van der Waals surface area contributed by atoms with E-state index in [-0.39, 0.29) is 29.0 Å². The maximum Gasteiger partial charge on any atom is 0.274 e. The zero-order valence-electron chi connectivity index (χ0n) is 14.0. The number of nitrogens with one attached hydrogen (secondary N) is 1. The summed E-state index contributed by atoms with van der Waals surface area (Å²) in [4.78, 5) is 26.1. The minimum absolute atomic E-state index is 0.193. The highest BCUT2D eigenvalue weighted by Crippen LogP contribution is 2.36. The largest absolute Gasteiger partial charge is 0.344 e. The fourth-order valence-electron chi connectivity index (χ4n) is 3.21. The second-order valence-electron chi connectivity index (χ2n) is 6.17. The molecule has 1 aliphatic heterocycles. The van der Waals surface area contributed by atoms with Crippen LogP contribution in [-0.4, -0.2) is 21.4 Å². The highest BCUT2D eigenvalue weighted by molar-refractivity contribution is 7.99. The molecule has 0 radical (unpaired) electrons. The zero-order chi connectivity index (χ0) is 18.3. The first-order valence-electron chi connectivity index (χ1n) is 8.24. The fourth-order valence-corrected chi connectivity index (χ4v) is 4.31. The Bertz CT molecular complexity index is 1080. The average molecular weight is 369 g/mol. The lowest BCUT2D eigenvalue weighted by molar-refractivity contribution is 0.0929. The number of rotatable bonds is 2. The van der Waals surface area contributed by atoms with Gasteiger partial charge in [0.2, 0.25) is 0 Å². The van der Waals surface area contributed by atoms with Gasteiger partial charge in [0.1, 0.15) is 5.82 Å². The molecule has 5 nitrogen and oxygen atoms in total. The van der Waals surface area contributed by atoms with Gasteiger partial charge in [-0.2, -0.15) is 5.10 Å². The van der Waals surface area contributed by atoms with Crippen molar-refractivity contribution in [1.82, 2.24) is 15.1 Å². The molecule has 4 rings (SSSR count). The number of aromatic nitrogens is 2. The van der Waals surface area contributed by atoms with E-state index >= 15 is 0 Å². The highest BCUT2D eigenvalue weighted by Gasteiger charge is 2.25. The topological polar surface area (TPSA) is 64.0 Å². The molecule has 3 aromatic rings. The lowest BCUT2D eigenvalue weighted by Gasteiger charge is -2.26. The first-order valence-corrected chi connectivity index (χ1v) is 9.22. The Balaban J connectivity index is 1.73. The minimum atomic E-state index is -0.371. The lowest BCUT2D eigenvalue weighted by atomic mass is 10.0. The van der Waals surface area contributed by atoms with E-state index in [1.807, 2.05) is 0 Å². The van der Waals surface area contributed by atoms with Crippen molar-refractivity contribution >= 4 is 28.4 Å². The maximum absolute atomic E-state index is 13.7. The molecule has 0 bridgehead atoms. The molecular formula is C19H16FN3O2S. The van der Waals surface area contributed by atoms with E-state index in [4.69, 9.17) is 0 Å². The first-order chi connectivity index (χ1) is 12.5. The Labute approximate surface area is 153 Å². The molecule has 0 unspecified atom stereocenters. The molecule has 0 spiro atoms. The fraction of sp³-hybridized carbons (Fsp3) is 0.211. The van der Waals surface area contributed by atoms with Gasteiger partial charge in [-0.05, 0) is 36.2 Å². The van der Waals surface area contributed by atoms with Gasteiger partial charge in [0.15, 0.2) is 5.69 Å². The normalized spacial score (nSPS) is 16.3. The molecule has 0 aliphatic carbocycles. The Morgan fingerprint density at radius 1 is 1.27 bits per heavy atom. The van der Waals surface area contributed by atoms with Gasteiger partial charge in [-0.15, -0.1) is 11.8 Å². The number of hydrogen-bond donors (Lipinski definition) is 1. The van der Waals surface area contributed by atoms with E-state index in [2.05, 4.69) is 10.4 Å². The monoisotopic (exact) mass is 369 g/mol. The molecule has 1 amide bonds. The molecule has 2 heterocycles.